The molecule has 138 valence electrons. The molecule has 2 amide bonds. The molecular weight excluding hydrogens is 352 g/mol. The average molecular weight is 374 g/mol. The van der Waals surface area contributed by atoms with Gasteiger partial charge in [-0.1, -0.05) is 12.1 Å². The maximum Gasteiger partial charge on any atom is 0.315 e. The molecule has 0 unspecified atom stereocenters. The van der Waals surface area contributed by atoms with Gasteiger partial charge in [0, 0.05) is 30.9 Å². The van der Waals surface area contributed by atoms with Gasteiger partial charge in [-0.05, 0) is 31.2 Å². The van der Waals surface area contributed by atoms with E-state index < -0.39 is 11.8 Å². The lowest BCUT2D eigenvalue weighted by Gasteiger charge is -2.20. The molecule has 8 heteroatoms. The highest BCUT2D eigenvalue weighted by atomic mass is 32.1. The highest BCUT2D eigenvalue weighted by Crippen LogP contribution is 2.27. The highest BCUT2D eigenvalue weighted by Gasteiger charge is 2.21. The average Bonchev–Trinajstić information content (AvgIpc) is 3.03. The summed E-state index contributed by atoms with van der Waals surface area (Å²) in [5.41, 5.74) is 2.08. The maximum atomic E-state index is 12.0. The van der Waals surface area contributed by atoms with Gasteiger partial charge in [-0.15, -0.1) is 11.3 Å². The van der Waals surface area contributed by atoms with Gasteiger partial charge in [0.2, 0.25) is 0 Å². The first-order chi connectivity index (χ1) is 12.5. The third-order valence-electron chi connectivity index (χ3n) is 4.21. The van der Waals surface area contributed by atoms with Crippen LogP contribution in [0.5, 0.6) is 5.75 Å². The number of nitrogens with one attached hydrogen (secondary N) is 2. The van der Waals surface area contributed by atoms with E-state index in [9.17, 15) is 9.59 Å². The topological polar surface area (TPSA) is 83.6 Å². The van der Waals surface area contributed by atoms with Crippen LogP contribution in [0.4, 0.5) is 5.13 Å². The second kappa shape index (κ2) is 8.29. The number of amides is 2. The number of hydrogen-bond donors (Lipinski definition) is 2. The summed E-state index contributed by atoms with van der Waals surface area (Å²) in [5.74, 6) is -0.544. The van der Waals surface area contributed by atoms with Crippen molar-refractivity contribution in [3.8, 4) is 5.75 Å². The van der Waals surface area contributed by atoms with Crippen LogP contribution in [0.25, 0.3) is 0 Å². The third kappa shape index (κ3) is 4.59. The van der Waals surface area contributed by atoms with E-state index in [2.05, 4.69) is 27.6 Å². The molecule has 0 saturated carbocycles. The summed E-state index contributed by atoms with van der Waals surface area (Å²) in [6.45, 7) is 2.17. The van der Waals surface area contributed by atoms with Gasteiger partial charge >= 0.3 is 11.8 Å². The fourth-order valence-corrected chi connectivity index (χ4v) is 3.81. The number of carbonyl (C=O) groups is 2. The Bertz CT molecular complexity index is 788. The molecule has 0 atom stereocenters. The second-order valence-electron chi connectivity index (χ2n) is 6.18. The standard InChI is InChI=1S/C18H22N4O3S/c1-22-10-8-14-15(11-22)26-18(20-14)21-17(24)16(23)19-9-7-12-3-5-13(25-2)6-4-12/h3-6H,7-11H2,1-2H3,(H,19,23)(H,20,21,24). The minimum atomic E-state index is -0.681. The van der Waals surface area contributed by atoms with E-state index in [-0.39, 0.29) is 0 Å². The summed E-state index contributed by atoms with van der Waals surface area (Å²) in [6, 6.07) is 7.60. The van der Waals surface area contributed by atoms with Gasteiger partial charge in [-0.2, -0.15) is 0 Å². The zero-order chi connectivity index (χ0) is 18.5. The van der Waals surface area contributed by atoms with Crippen molar-refractivity contribution in [2.24, 2.45) is 0 Å². The Balaban J connectivity index is 1.46. The highest BCUT2D eigenvalue weighted by molar-refractivity contribution is 7.16. The van der Waals surface area contributed by atoms with Gasteiger partial charge < -0.3 is 15.0 Å². The zero-order valence-corrected chi connectivity index (χ0v) is 15.7. The molecule has 7 nitrogen and oxygen atoms in total. The molecule has 0 radical (unpaired) electrons. The number of nitrogens with zero attached hydrogens (tertiary/aromatic N) is 2. The number of methoxy groups -OCH3 is 1. The van der Waals surface area contributed by atoms with Gasteiger partial charge in [-0.3, -0.25) is 14.9 Å². The van der Waals surface area contributed by atoms with Crippen LogP contribution in [0.2, 0.25) is 0 Å². The summed E-state index contributed by atoms with van der Waals surface area (Å²) < 4.78 is 5.11. The summed E-state index contributed by atoms with van der Waals surface area (Å²) in [7, 11) is 3.67. The SMILES string of the molecule is COc1ccc(CCNC(=O)C(=O)Nc2nc3c(s2)CN(C)CC3)cc1. The van der Waals surface area contributed by atoms with E-state index in [0.717, 1.165) is 41.4 Å². The number of aromatic nitrogens is 1. The van der Waals surface area contributed by atoms with Crippen molar-refractivity contribution in [3.63, 3.8) is 0 Å². The molecule has 1 aliphatic rings. The number of rotatable bonds is 5. The fourth-order valence-electron chi connectivity index (χ4n) is 2.72. The molecule has 26 heavy (non-hydrogen) atoms. The Morgan fingerprint density at radius 1 is 1.27 bits per heavy atom. The Hall–Kier alpha value is -2.45. The molecule has 2 heterocycles. The predicted molar refractivity (Wildman–Crippen MR) is 100 cm³/mol. The number of fused-ring (bicyclic) bond motifs is 1. The third-order valence-corrected chi connectivity index (χ3v) is 5.20. The van der Waals surface area contributed by atoms with E-state index in [0.29, 0.717) is 18.1 Å². The van der Waals surface area contributed by atoms with Crippen LogP contribution in [0.3, 0.4) is 0 Å². The predicted octanol–water partition coefficient (Wildman–Crippen LogP) is 1.44. The van der Waals surface area contributed by atoms with E-state index in [1.807, 2.05) is 24.3 Å². The Morgan fingerprint density at radius 3 is 2.77 bits per heavy atom. The van der Waals surface area contributed by atoms with Crippen molar-refractivity contribution in [2.75, 3.05) is 32.6 Å². The van der Waals surface area contributed by atoms with Crippen LogP contribution < -0.4 is 15.4 Å². The molecule has 0 bridgehead atoms. The van der Waals surface area contributed by atoms with Gasteiger partial charge in [0.1, 0.15) is 5.75 Å². The number of anilines is 1. The van der Waals surface area contributed by atoms with Crippen molar-refractivity contribution in [2.45, 2.75) is 19.4 Å². The van der Waals surface area contributed by atoms with Crippen LogP contribution in [-0.4, -0.2) is 48.9 Å². The number of likely N-dealkylation sites (N-methyl/N-ethyl adjacent to an activating group) is 1. The Morgan fingerprint density at radius 2 is 2.04 bits per heavy atom. The minimum absolute atomic E-state index is 0.387. The lowest BCUT2D eigenvalue weighted by Crippen LogP contribution is -2.36. The van der Waals surface area contributed by atoms with Crippen LogP contribution in [-0.2, 0) is 29.0 Å². The second-order valence-corrected chi connectivity index (χ2v) is 7.27. The molecule has 0 fully saturated rings. The van der Waals surface area contributed by atoms with Crippen molar-refractivity contribution in [1.29, 1.82) is 0 Å². The van der Waals surface area contributed by atoms with Crippen LogP contribution in [0.1, 0.15) is 16.1 Å². The summed E-state index contributed by atoms with van der Waals surface area (Å²) >= 11 is 1.43. The molecule has 0 saturated heterocycles. The first-order valence-electron chi connectivity index (χ1n) is 8.44. The van der Waals surface area contributed by atoms with Crippen molar-refractivity contribution in [3.05, 3.63) is 40.4 Å². The van der Waals surface area contributed by atoms with Crippen molar-refractivity contribution >= 4 is 28.3 Å². The number of thiazole rings is 1. The molecule has 0 aliphatic carbocycles. The van der Waals surface area contributed by atoms with Gasteiger partial charge in [-0.25, -0.2) is 4.98 Å². The van der Waals surface area contributed by atoms with Crippen LogP contribution >= 0.6 is 11.3 Å². The van der Waals surface area contributed by atoms with E-state index in [4.69, 9.17) is 4.74 Å². The van der Waals surface area contributed by atoms with Crippen LogP contribution in [0.15, 0.2) is 24.3 Å². The Kier molecular flexibility index (Phi) is 5.85. The van der Waals surface area contributed by atoms with E-state index >= 15 is 0 Å². The van der Waals surface area contributed by atoms with E-state index in [1.54, 1.807) is 7.11 Å². The normalized spacial score (nSPS) is 13.8. The molecular formula is C18H22N4O3S. The molecule has 3 rings (SSSR count). The van der Waals surface area contributed by atoms with Gasteiger partial charge in [0.05, 0.1) is 12.8 Å². The minimum Gasteiger partial charge on any atom is -0.497 e. The number of hydrogen-bond acceptors (Lipinski definition) is 6. The molecule has 1 aromatic heterocycles. The lowest BCUT2D eigenvalue weighted by molar-refractivity contribution is -0.136. The molecule has 2 aromatic rings. The summed E-state index contributed by atoms with van der Waals surface area (Å²) in [5, 5.41) is 5.72. The monoisotopic (exact) mass is 374 g/mol. The van der Waals surface area contributed by atoms with Gasteiger partial charge in [0.15, 0.2) is 5.13 Å². The fraction of sp³-hybridized carbons (Fsp3) is 0.389. The van der Waals surface area contributed by atoms with Gasteiger partial charge in [0.25, 0.3) is 0 Å². The quantitative estimate of drug-likeness (QED) is 0.774. The molecule has 1 aliphatic heterocycles. The first-order valence-corrected chi connectivity index (χ1v) is 9.26. The van der Waals surface area contributed by atoms with Crippen molar-refractivity contribution in [1.82, 2.24) is 15.2 Å². The first kappa shape index (κ1) is 18.3. The maximum absolute atomic E-state index is 12.0. The Labute approximate surface area is 156 Å². The molecule has 2 N–H and O–H groups in total. The smallest absolute Gasteiger partial charge is 0.315 e. The largest absolute Gasteiger partial charge is 0.497 e. The number of benzene rings is 1. The molecule has 0 spiro atoms. The summed E-state index contributed by atoms with van der Waals surface area (Å²) in [4.78, 5) is 31.8. The summed E-state index contributed by atoms with van der Waals surface area (Å²) in [6.07, 6.45) is 1.51. The zero-order valence-electron chi connectivity index (χ0n) is 14.9. The van der Waals surface area contributed by atoms with Crippen LogP contribution in [0, 0.1) is 0 Å². The van der Waals surface area contributed by atoms with Crippen molar-refractivity contribution < 1.29 is 14.3 Å². The number of ether oxygens (including phenoxy) is 1. The molecule has 1 aromatic carbocycles. The lowest BCUT2D eigenvalue weighted by atomic mass is 10.1. The van der Waals surface area contributed by atoms with E-state index in [1.165, 1.54) is 11.3 Å². The number of carbonyl (C=O) groups excluding carboxylic acids is 2.